The highest BCUT2D eigenvalue weighted by molar-refractivity contribution is 5.76. The molecule has 0 atom stereocenters. The molecule has 602 valence electrons. The Morgan fingerprint density at radius 3 is 0.500 bits per heavy atom. The van der Waals surface area contributed by atoms with Crippen LogP contribution in [0, 0.1) is 0 Å². The van der Waals surface area contributed by atoms with E-state index in [1.54, 1.807) is 0 Å². The van der Waals surface area contributed by atoms with Gasteiger partial charge in [-0.2, -0.15) is 0 Å². The zero-order valence-corrected chi connectivity index (χ0v) is 70.4. The predicted molar refractivity (Wildman–Crippen MR) is 467 cm³/mol. The fourth-order valence-corrected chi connectivity index (χ4v) is 14.7. The molecule has 0 N–H and O–H groups in total. The molecule has 0 aliphatic rings. The molecule has 0 spiro atoms. The maximum Gasteiger partial charge on any atom is 0.203 e. The summed E-state index contributed by atoms with van der Waals surface area (Å²) in [5.74, 6) is 4.84. The van der Waals surface area contributed by atoms with Crippen LogP contribution >= 0.6 is 0 Å². The van der Waals surface area contributed by atoms with Crippen molar-refractivity contribution < 1.29 is 28.4 Å². The zero-order chi connectivity index (χ0) is 75.2. The van der Waals surface area contributed by atoms with Crippen molar-refractivity contribution in [3.63, 3.8) is 0 Å². The number of hydrogen-bond donors (Lipinski definition) is 0. The van der Waals surface area contributed by atoms with Crippen LogP contribution in [-0.4, -0.2) is 39.6 Å². The minimum Gasteiger partial charge on any atom is -0.490 e. The number of rotatable bonds is 77. The summed E-state index contributed by atoms with van der Waals surface area (Å²) in [5.41, 5.74) is 6.84. The summed E-state index contributed by atoms with van der Waals surface area (Å²) in [6.07, 6.45) is 87.0. The van der Waals surface area contributed by atoms with Gasteiger partial charge in [-0.15, -0.1) is 0 Å². The Balaban J connectivity index is 1.52. The van der Waals surface area contributed by atoms with Crippen molar-refractivity contribution >= 4 is 24.3 Å². The first-order chi connectivity index (χ1) is 52.5. The van der Waals surface area contributed by atoms with Crippen LogP contribution in [-0.2, 0) is 0 Å². The number of benzene rings is 4. The lowest BCUT2D eigenvalue weighted by molar-refractivity contribution is 0.234. The maximum absolute atomic E-state index is 6.78. The van der Waals surface area contributed by atoms with Gasteiger partial charge in [-0.25, -0.2) is 0 Å². The molecule has 6 heteroatoms. The van der Waals surface area contributed by atoms with Gasteiger partial charge in [0.1, 0.15) is 0 Å². The van der Waals surface area contributed by atoms with Crippen molar-refractivity contribution in [2.24, 2.45) is 0 Å². The van der Waals surface area contributed by atoms with Crippen molar-refractivity contribution in [2.45, 2.75) is 427 Å². The van der Waals surface area contributed by atoms with E-state index in [0.717, 1.165) is 95.3 Å². The van der Waals surface area contributed by atoms with Crippen LogP contribution < -0.4 is 28.4 Å². The van der Waals surface area contributed by atoms with Gasteiger partial charge in [0, 0.05) is 0 Å². The third kappa shape index (κ3) is 49.3. The molecule has 4 aromatic rings. The second kappa shape index (κ2) is 69.4. The fourth-order valence-electron chi connectivity index (χ4n) is 14.7. The van der Waals surface area contributed by atoms with Crippen LogP contribution in [0.4, 0.5) is 0 Å². The Labute approximate surface area is 656 Å². The fraction of sp³-hybridized carbons (Fsp3) is 0.720. The highest BCUT2D eigenvalue weighted by Gasteiger charge is 2.18. The van der Waals surface area contributed by atoms with Gasteiger partial charge in [-0.05, 0) is 96.2 Å². The lowest BCUT2D eigenvalue weighted by atomic mass is 10.0. The Kier molecular flexibility index (Phi) is 61.2. The molecule has 0 amide bonds. The van der Waals surface area contributed by atoms with Crippen LogP contribution in [0.2, 0.25) is 0 Å². The van der Waals surface area contributed by atoms with Gasteiger partial charge in [0.15, 0.2) is 23.0 Å². The molecule has 0 aliphatic heterocycles. The van der Waals surface area contributed by atoms with Gasteiger partial charge in [-0.1, -0.05) is 461 Å². The summed E-state index contributed by atoms with van der Waals surface area (Å²) in [7, 11) is 0. The van der Waals surface area contributed by atoms with E-state index in [1.165, 1.54) is 358 Å². The molecular weight excluding hydrogens is 1300 g/mol. The van der Waals surface area contributed by atoms with E-state index in [9.17, 15) is 0 Å². The molecule has 0 bridgehead atoms. The molecule has 0 aliphatic carbocycles. The summed E-state index contributed by atoms with van der Waals surface area (Å²) in [4.78, 5) is 0. The van der Waals surface area contributed by atoms with Crippen molar-refractivity contribution in [2.75, 3.05) is 39.6 Å². The largest absolute Gasteiger partial charge is 0.490 e. The highest BCUT2D eigenvalue weighted by atomic mass is 16.5. The Morgan fingerprint density at radius 1 is 0.170 bits per heavy atom. The van der Waals surface area contributed by atoms with E-state index in [1.807, 2.05) is 0 Å². The topological polar surface area (TPSA) is 55.4 Å². The second-order valence-electron chi connectivity index (χ2n) is 31.8. The third-order valence-corrected chi connectivity index (χ3v) is 21.7. The standard InChI is InChI=1S/C100H166O6/c1-7-13-19-25-31-37-43-49-55-61-79-101-95-85-91(86-96(102-80-62-56-50-44-38-32-26-20-14-8-2)99(95)105-83-65-59-53-47-41-35-29-23-17-11-5)69-67-89-71-75-93(76-72-89)94-77-73-90(74-78-94)68-70-92-87-97(103-81-63-57-51-45-39-33-27-21-15-9-3)100(106-84-66-60-54-48-42-36-30-24-18-12-6)98(88-92)104-82-64-58-52-46-40-34-28-22-16-10-4/h67-78,85-88H,7-66,79-84H2,1-6H3/b69-67+,70-68+. The molecule has 0 saturated carbocycles. The average molecular weight is 1460 g/mol. The van der Waals surface area contributed by atoms with Crippen molar-refractivity contribution in [1.82, 2.24) is 0 Å². The van der Waals surface area contributed by atoms with Gasteiger partial charge >= 0.3 is 0 Å². The van der Waals surface area contributed by atoms with Crippen LogP contribution in [0.25, 0.3) is 35.4 Å². The Hall–Kier alpha value is -4.84. The molecular formula is C100H166O6. The van der Waals surface area contributed by atoms with E-state index < -0.39 is 0 Å². The lowest BCUT2D eigenvalue weighted by Crippen LogP contribution is -2.07. The minimum absolute atomic E-state index is 0.678. The third-order valence-electron chi connectivity index (χ3n) is 21.7. The number of hydrogen-bond acceptors (Lipinski definition) is 6. The van der Waals surface area contributed by atoms with Gasteiger partial charge in [0.2, 0.25) is 11.5 Å². The van der Waals surface area contributed by atoms with E-state index in [4.69, 9.17) is 28.4 Å². The molecule has 0 aromatic heterocycles. The van der Waals surface area contributed by atoms with Gasteiger partial charge in [-0.3, -0.25) is 0 Å². The number of unbranched alkanes of at least 4 members (excludes halogenated alkanes) is 54. The normalized spacial score (nSPS) is 11.6. The zero-order valence-electron chi connectivity index (χ0n) is 70.4. The molecule has 106 heavy (non-hydrogen) atoms. The quantitative estimate of drug-likeness (QED) is 0.0324. The van der Waals surface area contributed by atoms with Crippen LogP contribution in [0.3, 0.4) is 0 Å². The first-order valence-corrected chi connectivity index (χ1v) is 46.2. The monoisotopic (exact) mass is 1460 g/mol. The average Bonchev–Trinajstić information content (AvgIpc) is 0.831. The first kappa shape index (κ1) is 93.5. The van der Waals surface area contributed by atoms with Gasteiger partial charge in [0.25, 0.3) is 0 Å². The smallest absolute Gasteiger partial charge is 0.203 e. The molecule has 4 rings (SSSR count). The van der Waals surface area contributed by atoms with E-state index >= 15 is 0 Å². The number of ether oxygens (including phenoxy) is 6. The molecule has 0 heterocycles. The summed E-state index contributed by atoms with van der Waals surface area (Å²) >= 11 is 0. The molecule has 6 nitrogen and oxygen atoms in total. The molecule has 0 fully saturated rings. The molecule has 0 unspecified atom stereocenters. The van der Waals surface area contributed by atoms with Crippen LogP contribution in [0.5, 0.6) is 34.5 Å². The van der Waals surface area contributed by atoms with Gasteiger partial charge < -0.3 is 28.4 Å². The summed E-state index contributed by atoms with van der Waals surface area (Å²) in [5, 5.41) is 0. The molecule has 0 saturated heterocycles. The van der Waals surface area contributed by atoms with Crippen LogP contribution in [0.15, 0.2) is 72.8 Å². The Morgan fingerprint density at radius 2 is 0.321 bits per heavy atom. The summed E-state index contributed by atoms with van der Waals surface area (Å²) in [6, 6.07) is 26.8. The van der Waals surface area contributed by atoms with Gasteiger partial charge in [0.05, 0.1) is 39.6 Å². The summed E-state index contributed by atoms with van der Waals surface area (Å²) < 4.78 is 40.6. The minimum atomic E-state index is 0.678. The van der Waals surface area contributed by atoms with Crippen molar-refractivity contribution in [3.8, 4) is 45.6 Å². The highest BCUT2D eigenvalue weighted by Crippen LogP contribution is 2.42. The SMILES string of the molecule is CCCCCCCCCCCCOc1cc(/C=C/c2ccc(-c3ccc(/C=C/c4cc(OCCCCCCCCCCCC)c(OCCCCCCCCCCCC)c(OCCCCCCCCCCCC)c4)cc3)cc2)cc(OCCCCCCCCCCCC)c1OCCCCCCCCCCCC. The molecule has 4 aromatic carbocycles. The van der Waals surface area contributed by atoms with Crippen molar-refractivity contribution in [1.29, 1.82) is 0 Å². The van der Waals surface area contributed by atoms with Crippen LogP contribution in [0.1, 0.15) is 449 Å². The van der Waals surface area contributed by atoms with E-state index in [0.29, 0.717) is 39.6 Å². The van der Waals surface area contributed by atoms with E-state index in [-0.39, 0.29) is 0 Å². The predicted octanol–water partition coefficient (Wildman–Crippen LogP) is 33.5. The first-order valence-electron chi connectivity index (χ1n) is 46.2. The van der Waals surface area contributed by atoms with Crippen molar-refractivity contribution in [3.05, 3.63) is 95.1 Å². The Bertz CT molecular complexity index is 2360. The second-order valence-corrected chi connectivity index (χ2v) is 31.8. The maximum atomic E-state index is 6.78. The summed E-state index contributed by atoms with van der Waals surface area (Å²) in [6.45, 7) is 17.9. The lowest BCUT2D eigenvalue weighted by Gasteiger charge is -2.18. The van der Waals surface area contributed by atoms with E-state index in [2.05, 4.69) is 139 Å². The molecule has 0 radical (unpaired) electrons.